The van der Waals surface area contributed by atoms with Crippen LogP contribution in [0.2, 0.25) is 0 Å². The van der Waals surface area contributed by atoms with Gasteiger partial charge in [-0.3, -0.25) is 4.68 Å². The zero-order chi connectivity index (χ0) is 20.4. The molecular weight excluding hydrogens is 352 g/mol. The predicted molar refractivity (Wildman–Crippen MR) is 110 cm³/mol. The second kappa shape index (κ2) is 8.00. The molecule has 3 rings (SSSR count). The lowest BCUT2D eigenvalue weighted by Crippen LogP contribution is -2.19. The Labute approximate surface area is 166 Å². The van der Waals surface area contributed by atoms with Crippen molar-refractivity contribution in [3.05, 3.63) is 48.0 Å². The molecule has 148 valence electrons. The molecule has 28 heavy (non-hydrogen) atoms. The van der Waals surface area contributed by atoms with Crippen LogP contribution in [0, 0.1) is 13.8 Å². The SMILES string of the molecule is CCOC(=O)[C@H](C)n1cnc(-c2ccccc2)c1-c1c(C)nn(C(C)C)c1C. The summed E-state index contributed by atoms with van der Waals surface area (Å²) >= 11 is 0. The molecule has 0 fully saturated rings. The van der Waals surface area contributed by atoms with Crippen LogP contribution in [0.5, 0.6) is 0 Å². The van der Waals surface area contributed by atoms with E-state index in [0.717, 1.165) is 33.9 Å². The number of aryl methyl sites for hydroxylation is 1. The van der Waals surface area contributed by atoms with E-state index in [2.05, 4.69) is 25.8 Å². The Kier molecular flexibility index (Phi) is 5.68. The van der Waals surface area contributed by atoms with Crippen LogP contribution >= 0.6 is 0 Å². The van der Waals surface area contributed by atoms with Crippen molar-refractivity contribution in [1.82, 2.24) is 19.3 Å². The number of benzene rings is 1. The molecule has 0 aliphatic heterocycles. The summed E-state index contributed by atoms with van der Waals surface area (Å²) in [7, 11) is 0. The number of esters is 1. The minimum atomic E-state index is -0.485. The highest BCUT2D eigenvalue weighted by Gasteiger charge is 2.27. The van der Waals surface area contributed by atoms with E-state index in [-0.39, 0.29) is 12.0 Å². The Balaban J connectivity index is 2.26. The average Bonchev–Trinajstić information content (AvgIpc) is 3.22. The van der Waals surface area contributed by atoms with Crippen molar-refractivity contribution in [2.24, 2.45) is 0 Å². The Morgan fingerprint density at radius 2 is 1.82 bits per heavy atom. The molecule has 0 radical (unpaired) electrons. The summed E-state index contributed by atoms with van der Waals surface area (Å²) in [6.07, 6.45) is 1.73. The first-order chi connectivity index (χ1) is 13.4. The quantitative estimate of drug-likeness (QED) is 0.580. The summed E-state index contributed by atoms with van der Waals surface area (Å²) in [6.45, 7) is 12.3. The van der Waals surface area contributed by atoms with Gasteiger partial charge in [-0.05, 0) is 41.5 Å². The van der Waals surface area contributed by atoms with Gasteiger partial charge in [-0.2, -0.15) is 5.10 Å². The number of imidazole rings is 1. The lowest BCUT2D eigenvalue weighted by atomic mass is 10.0. The van der Waals surface area contributed by atoms with Gasteiger partial charge in [0.2, 0.25) is 0 Å². The van der Waals surface area contributed by atoms with Crippen molar-refractivity contribution >= 4 is 5.97 Å². The van der Waals surface area contributed by atoms with Crippen LogP contribution in [0.1, 0.15) is 51.2 Å². The van der Waals surface area contributed by atoms with Crippen LogP contribution < -0.4 is 0 Å². The molecule has 3 aromatic rings. The normalized spacial score (nSPS) is 12.4. The molecule has 0 spiro atoms. The topological polar surface area (TPSA) is 61.9 Å². The molecule has 1 atom stereocenters. The zero-order valence-electron chi connectivity index (χ0n) is 17.4. The van der Waals surface area contributed by atoms with Gasteiger partial charge >= 0.3 is 5.97 Å². The Hall–Kier alpha value is -2.89. The van der Waals surface area contributed by atoms with E-state index in [4.69, 9.17) is 9.84 Å². The first kappa shape index (κ1) is 19.9. The van der Waals surface area contributed by atoms with Crippen LogP contribution in [0.25, 0.3) is 22.5 Å². The van der Waals surface area contributed by atoms with E-state index >= 15 is 0 Å². The van der Waals surface area contributed by atoms with E-state index in [1.54, 1.807) is 6.33 Å². The van der Waals surface area contributed by atoms with Crippen molar-refractivity contribution in [1.29, 1.82) is 0 Å². The third kappa shape index (κ3) is 3.46. The highest BCUT2D eigenvalue weighted by atomic mass is 16.5. The number of aromatic nitrogens is 4. The number of hydrogen-bond donors (Lipinski definition) is 0. The Morgan fingerprint density at radius 3 is 2.39 bits per heavy atom. The summed E-state index contributed by atoms with van der Waals surface area (Å²) in [6, 6.07) is 9.78. The lowest BCUT2D eigenvalue weighted by molar-refractivity contribution is -0.146. The maximum atomic E-state index is 12.5. The predicted octanol–water partition coefficient (Wildman–Crippen LogP) is 4.74. The number of rotatable bonds is 6. The van der Waals surface area contributed by atoms with Crippen LogP contribution in [-0.2, 0) is 9.53 Å². The molecule has 0 saturated carbocycles. The number of carbonyl (C=O) groups excluding carboxylic acids is 1. The highest BCUT2D eigenvalue weighted by Crippen LogP contribution is 2.37. The molecule has 6 nitrogen and oxygen atoms in total. The largest absolute Gasteiger partial charge is 0.464 e. The molecule has 0 aliphatic carbocycles. The third-order valence-corrected chi connectivity index (χ3v) is 4.94. The first-order valence-electron chi connectivity index (χ1n) is 9.71. The van der Waals surface area contributed by atoms with E-state index in [1.807, 2.05) is 60.4 Å². The molecule has 0 N–H and O–H groups in total. The summed E-state index contributed by atoms with van der Waals surface area (Å²) in [5, 5.41) is 4.74. The monoisotopic (exact) mass is 380 g/mol. The van der Waals surface area contributed by atoms with Crippen molar-refractivity contribution in [2.45, 2.75) is 53.6 Å². The van der Waals surface area contributed by atoms with Crippen molar-refractivity contribution in [3.63, 3.8) is 0 Å². The van der Waals surface area contributed by atoms with Crippen molar-refractivity contribution in [3.8, 4) is 22.5 Å². The number of nitrogens with zero attached hydrogens (tertiary/aromatic N) is 4. The third-order valence-electron chi connectivity index (χ3n) is 4.94. The number of ether oxygens (including phenoxy) is 1. The number of hydrogen-bond acceptors (Lipinski definition) is 4. The molecule has 0 amide bonds. The number of carbonyl (C=O) groups is 1. The van der Waals surface area contributed by atoms with Gasteiger partial charge in [0, 0.05) is 22.9 Å². The maximum Gasteiger partial charge on any atom is 0.328 e. The molecule has 0 aliphatic rings. The molecule has 0 unspecified atom stereocenters. The fourth-order valence-electron chi connectivity index (χ4n) is 3.59. The molecule has 0 bridgehead atoms. The van der Waals surface area contributed by atoms with Crippen LogP contribution in [0.15, 0.2) is 36.7 Å². The van der Waals surface area contributed by atoms with E-state index in [1.165, 1.54) is 0 Å². The molecule has 1 aromatic carbocycles. The van der Waals surface area contributed by atoms with Crippen LogP contribution in [0.4, 0.5) is 0 Å². The Morgan fingerprint density at radius 1 is 1.14 bits per heavy atom. The molecular formula is C22H28N4O2. The molecule has 6 heteroatoms. The molecule has 0 saturated heterocycles. The van der Waals surface area contributed by atoms with Gasteiger partial charge in [-0.25, -0.2) is 9.78 Å². The minimum absolute atomic E-state index is 0.242. The maximum absolute atomic E-state index is 12.5. The second-order valence-electron chi connectivity index (χ2n) is 7.23. The van der Waals surface area contributed by atoms with Gasteiger partial charge < -0.3 is 9.30 Å². The van der Waals surface area contributed by atoms with Gasteiger partial charge in [-0.15, -0.1) is 0 Å². The summed E-state index contributed by atoms with van der Waals surface area (Å²) in [5.74, 6) is -0.271. The molecule has 2 heterocycles. The first-order valence-corrected chi connectivity index (χ1v) is 9.71. The van der Waals surface area contributed by atoms with Crippen molar-refractivity contribution < 1.29 is 9.53 Å². The van der Waals surface area contributed by atoms with Gasteiger partial charge in [0.05, 0.1) is 30.0 Å². The Bertz CT molecular complexity index is 970. The average molecular weight is 380 g/mol. The summed E-state index contributed by atoms with van der Waals surface area (Å²) < 4.78 is 9.18. The van der Waals surface area contributed by atoms with Gasteiger partial charge in [0.15, 0.2) is 0 Å². The minimum Gasteiger partial charge on any atom is -0.464 e. The zero-order valence-corrected chi connectivity index (χ0v) is 17.4. The fourth-order valence-corrected chi connectivity index (χ4v) is 3.59. The summed E-state index contributed by atoms with van der Waals surface area (Å²) in [4.78, 5) is 17.1. The van der Waals surface area contributed by atoms with Crippen LogP contribution in [-0.4, -0.2) is 31.9 Å². The van der Waals surface area contributed by atoms with E-state index < -0.39 is 6.04 Å². The van der Waals surface area contributed by atoms with Gasteiger partial charge in [0.1, 0.15) is 6.04 Å². The van der Waals surface area contributed by atoms with Gasteiger partial charge in [0.25, 0.3) is 0 Å². The van der Waals surface area contributed by atoms with E-state index in [0.29, 0.717) is 6.61 Å². The van der Waals surface area contributed by atoms with Crippen molar-refractivity contribution in [2.75, 3.05) is 6.61 Å². The fraction of sp³-hybridized carbons (Fsp3) is 0.409. The summed E-state index contributed by atoms with van der Waals surface area (Å²) in [5.41, 5.74) is 5.73. The standard InChI is InChI=1S/C22H28N4O2/c1-7-28-22(27)17(6)25-13-23-20(18-11-9-8-10-12-18)21(25)19-15(4)24-26(14(2)3)16(19)5/h8-14,17H,7H2,1-6H3/t17-/m0/s1. The second-order valence-corrected chi connectivity index (χ2v) is 7.23. The highest BCUT2D eigenvalue weighted by molar-refractivity contribution is 5.83. The molecule has 2 aromatic heterocycles. The van der Waals surface area contributed by atoms with E-state index in [9.17, 15) is 4.79 Å². The van der Waals surface area contributed by atoms with Gasteiger partial charge in [-0.1, -0.05) is 30.3 Å². The van der Waals surface area contributed by atoms with Crippen LogP contribution in [0.3, 0.4) is 0 Å². The lowest BCUT2D eigenvalue weighted by Gasteiger charge is -2.17. The smallest absolute Gasteiger partial charge is 0.328 e.